The van der Waals surface area contributed by atoms with E-state index in [4.69, 9.17) is 4.74 Å². The van der Waals surface area contributed by atoms with Crippen molar-refractivity contribution in [2.24, 2.45) is 5.92 Å². The third kappa shape index (κ3) is 6.69. The highest BCUT2D eigenvalue weighted by atomic mass is 19.1. The summed E-state index contributed by atoms with van der Waals surface area (Å²) < 4.78 is 18.8. The Hall–Kier alpha value is -1.46. The second-order valence-corrected chi connectivity index (χ2v) is 5.15. The lowest BCUT2D eigenvalue weighted by molar-refractivity contribution is -0.143. The molecule has 0 aliphatic rings. The summed E-state index contributed by atoms with van der Waals surface area (Å²) in [6.45, 7) is 2.70. The van der Waals surface area contributed by atoms with E-state index in [9.17, 15) is 19.4 Å². The number of carbonyl (C=O) groups is 1. The molecule has 2 atom stereocenters. The van der Waals surface area contributed by atoms with Gasteiger partial charge in [-0.15, -0.1) is 0 Å². The van der Waals surface area contributed by atoms with E-state index in [2.05, 4.69) is 0 Å². The zero-order chi connectivity index (χ0) is 15.7. The van der Waals surface area contributed by atoms with Gasteiger partial charge < -0.3 is 14.9 Å². The maximum Gasteiger partial charge on any atom is 0.306 e. The predicted octanol–water partition coefficient (Wildman–Crippen LogP) is 2.64. The highest BCUT2D eigenvalue weighted by molar-refractivity contribution is 5.70. The van der Waals surface area contributed by atoms with E-state index in [1.54, 1.807) is 18.2 Å². The number of unbranched alkanes of at least 4 members (excludes halogenated alkanes) is 1. The second-order valence-electron chi connectivity index (χ2n) is 5.15. The molecule has 0 spiro atoms. The molecule has 2 N–H and O–H groups in total. The minimum atomic E-state index is -1.04. The number of rotatable bonds is 10. The molecular formula is C16H23FO4. The number of halogens is 1. The molecule has 1 aromatic carbocycles. The molecular weight excluding hydrogens is 275 g/mol. The lowest BCUT2D eigenvalue weighted by atomic mass is 9.93. The first-order valence-electron chi connectivity index (χ1n) is 7.26. The van der Waals surface area contributed by atoms with Crippen LogP contribution in [0.1, 0.15) is 31.7 Å². The van der Waals surface area contributed by atoms with Crippen molar-refractivity contribution in [2.75, 3.05) is 13.2 Å². The van der Waals surface area contributed by atoms with Gasteiger partial charge in [0.15, 0.2) is 0 Å². The molecule has 21 heavy (non-hydrogen) atoms. The van der Waals surface area contributed by atoms with Crippen LogP contribution < -0.4 is 0 Å². The fourth-order valence-corrected chi connectivity index (χ4v) is 2.06. The number of aliphatic carboxylic acids is 1. The molecule has 1 aromatic rings. The van der Waals surface area contributed by atoms with E-state index in [0.29, 0.717) is 12.2 Å². The first-order valence-corrected chi connectivity index (χ1v) is 7.26. The summed E-state index contributed by atoms with van der Waals surface area (Å²) >= 11 is 0. The molecule has 0 bridgehead atoms. The van der Waals surface area contributed by atoms with E-state index in [1.165, 1.54) is 6.07 Å². The maximum absolute atomic E-state index is 13.6. The maximum atomic E-state index is 13.6. The van der Waals surface area contributed by atoms with Gasteiger partial charge in [-0.1, -0.05) is 31.5 Å². The normalized spacial score (nSPS) is 13.9. The van der Waals surface area contributed by atoms with Crippen LogP contribution in [-0.4, -0.2) is 35.5 Å². The smallest absolute Gasteiger partial charge is 0.306 e. The van der Waals surface area contributed by atoms with Gasteiger partial charge in [-0.3, -0.25) is 4.79 Å². The number of ether oxygens (including phenoxy) is 1. The van der Waals surface area contributed by atoms with Gasteiger partial charge in [0.2, 0.25) is 0 Å². The number of aliphatic hydroxyl groups is 1. The lowest BCUT2D eigenvalue weighted by Gasteiger charge is -2.17. The first-order chi connectivity index (χ1) is 10.0. The van der Waals surface area contributed by atoms with Crippen LogP contribution in [0, 0.1) is 11.7 Å². The van der Waals surface area contributed by atoms with Gasteiger partial charge >= 0.3 is 5.97 Å². The number of hydrogen-bond donors (Lipinski definition) is 2. The van der Waals surface area contributed by atoms with Crippen molar-refractivity contribution < 1.29 is 24.1 Å². The molecule has 0 radical (unpaired) electrons. The summed E-state index contributed by atoms with van der Waals surface area (Å²) in [5.41, 5.74) is 0.351. The van der Waals surface area contributed by atoms with Crippen molar-refractivity contribution in [3.63, 3.8) is 0 Å². The molecule has 1 rings (SSSR count). The molecule has 0 amide bonds. The second kappa shape index (κ2) is 9.47. The van der Waals surface area contributed by atoms with Crippen molar-refractivity contribution >= 4 is 5.97 Å². The van der Waals surface area contributed by atoms with Gasteiger partial charge in [0, 0.05) is 6.61 Å². The average molecular weight is 298 g/mol. The molecule has 0 heterocycles. The van der Waals surface area contributed by atoms with Crippen molar-refractivity contribution in [3.05, 3.63) is 35.6 Å². The molecule has 2 unspecified atom stereocenters. The zero-order valence-corrected chi connectivity index (χ0v) is 12.3. The number of benzene rings is 1. The average Bonchev–Trinajstić information content (AvgIpc) is 2.45. The molecule has 0 fully saturated rings. The standard InChI is InChI=1S/C16H23FO4/c1-2-3-8-21-11-14(18)10-13(16(19)20)9-12-6-4-5-7-15(12)17/h4-7,13-14,18H,2-3,8-11H2,1H3,(H,19,20). The van der Waals surface area contributed by atoms with Crippen LogP contribution in [0.3, 0.4) is 0 Å². The van der Waals surface area contributed by atoms with Crippen LogP contribution in [0.25, 0.3) is 0 Å². The van der Waals surface area contributed by atoms with Gasteiger partial charge in [0.25, 0.3) is 0 Å². The minimum absolute atomic E-state index is 0.0514. The monoisotopic (exact) mass is 298 g/mol. The third-order valence-corrected chi connectivity index (χ3v) is 3.28. The van der Waals surface area contributed by atoms with E-state index in [1.807, 2.05) is 6.92 Å². The van der Waals surface area contributed by atoms with Crippen molar-refractivity contribution in [3.8, 4) is 0 Å². The van der Waals surface area contributed by atoms with Crippen LogP contribution in [0.2, 0.25) is 0 Å². The van der Waals surface area contributed by atoms with Gasteiger partial charge in [-0.25, -0.2) is 4.39 Å². The van der Waals surface area contributed by atoms with Crippen molar-refractivity contribution in [1.82, 2.24) is 0 Å². The largest absolute Gasteiger partial charge is 0.481 e. The SMILES string of the molecule is CCCCOCC(O)CC(Cc1ccccc1F)C(=O)O. The molecule has 0 aliphatic heterocycles. The fourth-order valence-electron chi connectivity index (χ4n) is 2.06. The zero-order valence-electron chi connectivity index (χ0n) is 12.3. The topological polar surface area (TPSA) is 66.8 Å². The molecule has 118 valence electrons. The van der Waals surface area contributed by atoms with Gasteiger partial charge in [0.05, 0.1) is 18.6 Å². The Labute approximate surface area is 124 Å². The van der Waals surface area contributed by atoms with E-state index >= 15 is 0 Å². The summed E-state index contributed by atoms with van der Waals surface area (Å²) in [5, 5.41) is 19.0. The van der Waals surface area contributed by atoms with Crippen molar-refractivity contribution in [2.45, 2.75) is 38.7 Å². The van der Waals surface area contributed by atoms with Crippen LogP contribution in [0.4, 0.5) is 4.39 Å². The highest BCUT2D eigenvalue weighted by Gasteiger charge is 2.23. The van der Waals surface area contributed by atoms with Gasteiger partial charge in [-0.05, 0) is 30.9 Å². The molecule has 0 aromatic heterocycles. The predicted molar refractivity (Wildman–Crippen MR) is 77.6 cm³/mol. The quantitative estimate of drug-likeness (QED) is 0.652. The Morgan fingerprint density at radius 3 is 2.71 bits per heavy atom. The van der Waals surface area contributed by atoms with Gasteiger partial charge in [0.1, 0.15) is 5.82 Å². The lowest BCUT2D eigenvalue weighted by Crippen LogP contribution is -2.26. The van der Waals surface area contributed by atoms with E-state index in [-0.39, 0.29) is 19.4 Å². The van der Waals surface area contributed by atoms with Crippen molar-refractivity contribution in [1.29, 1.82) is 0 Å². The third-order valence-electron chi connectivity index (χ3n) is 3.28. The Bertz CT molecular complexity index is 436. The van der Waals surface area contributed by atoms with Crippen LogP contribution in [-0.2, 0) is 16.0 Å². The summed E-state index contributed by atoms with van der Waals surface area (Å²) in [7, 11) is 0. The number of aliphatic hydroxyl groups excluding tert-OH is 1. The van der Waals surface area contributed by atoms with Crippen LogP contribution in [0.15, 0.2) is 24.3 Å². The fraction of sp³-hybridized carbons (Fsp3) is 0.562. The summed E-state index contributed by atoms with van der Waals surface area (Å²) in [5.74, 6) is -2.28. The van der Waals surface area contributed by atoms with Crippen LogP contribution >= 0.6 is 0 Å². The number of hydrogen-bond acceptors (Lipinski definition) is 3. The summed E-state index contributed by atoms with van der Waals surface area (Å²) in [4.78, 5) is 11.3. The number of carboxylic acids is 1. The molecule has 0 aliphatic carbocycles. The Kier molecular flexibility index (Phi) is 7.93. The van der Waals surface area contributed by atoms with Gasteiger partial charge in [-0.2, -0.15) is 0 Å². The first kappa shape index (κ1) is 17.6. The molecule has 0 saturated heterocycles. The Balaban J connectivity index is 2.50. The Morgan fingerprint density at radius 2 is 2.10 bits per heavy atom. The summed E-state index contributed by atoms with van der Waals surface area (Å²) in [6, 6.07) is 6.10. The molecule has 5 heteroatoms. The summed E-state index contributed by atoms with van der Waals surface area (Å²) in [6.07, 6.45) is 1.17. The van der Waals surface area contributed by atoms with E-state index in [0.717, 1.165) is 12.8 Å². The molecule has 0 saturated carbocycles. The minimum Gasteiger partial charge on any atom is -0.481 e. The molecule has 4 nitrogen and oxygen atoms in total. The highest BCUT2D eigenvalue weighted by Crippen LogP contribution is 2.17. The number of carboxylic acid groups (broad SMARTS) is 1. The Morgan fingerprint density at radius 1 is 1.38 bits per heavy atom. The van der Waals surface area contributed by atoms with Crippen LogP contribution in [0.5, 0.6) is 0 Å². The van der Waals surface area contributed by atoms with E-state index < -0.39 is 23.8 Å².